The fraction of sp³-hybridized carbons (Fsp3) is 0.632. The summed E-state index contributed by atoms with van der Waals surface area (Å²) in [5, 5.41) is 8.93. The van der Waals surface area contributed by atoms with Crippen LogP contribution in [-0.2, 0) is 10.2 Å². The lowest BCUT2D eigenvalue weighted by Crippen LogP contribution is -2.48. The summed E-state index contributed by atoms with van der Waals surface area (Å²) in [4.78, 5) is 10.9. The van der Waals surface area contributed by atoms with Crippen LogP contribution in [0.3, 0.4) is 0 Å². The summed E-state index contributed by atoms with van der Waals surface area (Å²) in [6, 6.07) is 8.26. The van der Waals surface area contributed by atoms with Gasteiger partial charge in [-0.05, 0) is 86.3 Å². The highest BCUT2D eigenvalue weighted by Crippen LogP contribution is 2.60. The number of hydrogen-bond acceptors (Lipinski definition) is 2. The first kappa shape index (κ1) is 14.1. The summed E-state index contributed by atoms with van der Waals surface area (Å²) in [5.74, 6) is 2.55. The molecule has 5 rings (SSSR count). The van der Waals surface area contributed by atoms with Crippen molar-refractivity contribution in [2.24, 2.45) is 17.8 Å². The van der Waals surface area contributed by atoms with Gasteiger partial charge < -0.3 is 9.84 Å². The van der Waals surface area contributed by atoms with Crippen LogP contribution in [0.5, 0.6) is 5.75 Å². The monoisotopic (exact) mass is 300 g/mol. The smallest absolute Gasteiger partial charge is 0.344 e. The second kappa shape index (κ2) is 5.00. The van der Waals surface area contributed by atoms with Gasteiger partial charge in [0, 0.05) is 0 Å². The number of benzene rings is 1. The molecule has 1 unspecified atom stereocenters. The van der Waals surface area contributed by atoms with E-state index in [0.717, 1.165) is 17.8 Å². The van der Waals surface area contributed by atoms with E-state index in [-0.39, 0.29) is 0 Å². The number of hydrogen-bond donors (Lipinski definition) is 1. The molecule has 0 saturated heterocycles. The molecule has 22 heavy (non-hydrogen) atoms. The van der Waals surface area contributed by atoms with E-state index in [0.29, 0.717) is 11.2 Å². The van der Waals surface area contributed by atoms with E-state index < -0.39 is 12.1 Å². The minimum absolute atomic E-state index is 0.395. The Hall–Kier alpha value is -1.51. The predicted molar refractivity (Wildman–Crippen MR) is 84.0 cm³/mol. The van der Waals surface area contributed by atoms with Crippen molar-refractivity contribution >= 4 is 5.97 Å². The van der Waals surface area contributed by atoms with E-state index in [2.05, 4.69) is 12.1 Å². The molecule has 0 radical (unpaired) electrons. The summed E-state index contributed by atoms with van der Waals surface area (Å²) in [6.45, 7) is 1.56. The van der Waals surface area contributed by atoms with Crippen LogP contribution in [0.1, 0.15) is 51.0 Å². The molecule has 0 aliphatic heterocycles. The number of aliphatic carboxylic acids is 1. The third-order valence-corrected chi connectivity index (χ3v) is 6.17. The normalized spacial score (nSPS) is 37.0. The van der Waals surface area contributed by atoms with Gasteiger partial charge in [-0.1, -0.05) is 12.1 Å². The standard InChI is InChI=1S/C19H24O3/c1-12(18(20)21)22-17-4-2-16(3-5-17)19-9-13-6-14(10-19)8-15(7-13)11-19/h2-5,12-15H,6-11H2,1H3,(H,20,21). The third kappa shape index (κ3) is 2.31. The van der Waals surface area contributed by atoms with Gasteiger partial charge in [-0.25, -0.2) is 4.79 Å². The highest BCUT2D eigenvalue weighted by atomic mass is 16.5. The SMILES string of the molecule is CC(Oc1ccc(C23CC4CC(CC(C4)C2)C3)cc1)C(=O)O. The van der Waals surface area contributed by atoms with Crippen molar-refractivity contribution in [3.05, 3.63) is 29.8 Å². The molecule has 4 saturated carbocycles. The van der Waals surface area contributed by atoms with Gasteiger partial charge in [-0.15, -0.1) is 0 Å². The van der Waals surface area contributed by atoms with Crippen molar-refractivity contribution < 1.29 is 14.6 Å². The molecule has 4 aliphatic carbocycles. The van der Waals surface area contributed by atoms with Crippen LogP contribution in [-0.4, -0.2) is 17.2 Å². The molecule has 3 heteroatoms. The van der Waals surface area contributed by atoms with E-state index in [1.54, 1.807) is 6.92 Å². The molecule has 1 aromatic carbocycles. The van der Waals surface area contributed by atoms with Gasteiger partial charge in [0.15, 0.2) is 6.10 Å². The van der Waals surface area contributed by atoms with E-state index in [4.69, 9.17) is 9.84 Å². The highest BCUT2D eigenvalue weighted by Gasteiger charge is 2.51. The average Bonchev–Trinajstić information content (AvgIpc) is 2.46. The maximum Gasteiger partial charge on any atom is 0.344 e. The second-order valence-corrected chi connectivity index (χ2v) is 7.82. The summed E-state index contributed by atoms with van der Waals surface area (Å²) in [5.41, 5.74) is 1.84. The van der Waals surface area contributed by atoms with Gasteiger partial charge in [0.05, 0.1) is 0 Å². The van der Waals surface area contributed by atoms with Crippen molar-refractivity contribution in [2.75, 3.05) is 0 Å². The molecular formula is C19H24O3. The fourth-order valence-corrected chi connectivity index (χ4v) is 5.61. The lowest BCUT2D eigenvalue weighted by molar-refractivity contribution is -0.144. The second-order valence-electron chi connectivity index (χ2n) is 7.82. The van der Waals surface area contributed by atoms with Crippen LogP contribution < -0.4 is 4.74 Å². The van der Waals surface area contributed by atoms with Crippen molar-refractivity contribution in [3.8, 4) is 5.75 Å². The molecule has 1 aromatic rings. The van der Waals surface area contributed by atoms with E-state index in [1.807, 2.05) is 12.1 Å². The zero-order valence-corrected chi connectivity index (χ0v) is 13.1. The molecule has 1 N–H and O–H groups in total. The van der Waals surface area contributed by atoms with Gasteiger partial charge in [-0.3, -0.25) is 0 Å². The molecule has 118 valence electrons. The molecule has 0 spiro atoms. The maximum absolute atomic E-state index is 10.9. The Kier molecular flexibility index (Phi) is 3.21. The van der Waals surface area contributed by atoms with E-state index in [1.165, 1.54) is 44.1 Å². The number of ether oxygens (including phenoxy) is 1. The van der Waals surface area contributed by atoms with Gasteiger partial charge >= 0.3 is 5.97 Å². The molecule has 3 nitrogen and oxygen atoms in total. The first-order valence-corrected chi connectivity index (χ1v) is 8.54. The average molecular weight is 300 g/mol. The predicted octanol–water partition coefficient (Wildman–Crippen LogP) is 4.01. The van der Waals surface area contributed by atoms with E-state index >= 15 is 0 Å². The Morgan fingerprint density at radius 1 is 1.09 bits per heavy atom. The molecule has 4 fully saturated rings. The Labute approximate surface area is 131 Å². The fourth-order valence-electron chi connectivity index (χ4n) is 5.61. The minimum atomic E-state index is -0.926. The molecule has 4 bridgehead atoms. The highest BCUT2D eigenvalue weighted by molar-refractivity contribution is 5.72. The van der Waals surface area contributed by atoms with Gasteiger partial charge in [0.1, 0.15) is 5.75 Å². The summed E-state index contributed by atoms with van der Waals surface area (Å²) >= 11 is 0. The molecule has 4 aliphatic rings. The van der Waals surface area contributed by atoms with Crippen molar-refractivity contribution in [1.82, 2.24) is 0 Å². The molecular weight excluding hydrogens is 276 g/mol. The Morgan fingerprint density at radius 2 is 1.59 bits per heavy atom. The van der Waals surface area contributed by atoms with Gasteiger partial charge in [0.25, 0.3) is 0 Å². The van der Waals surface area contributed by atoms with Crippen molar-refractivity contribution in [1.29, 1.82) is 0 Å². The molecule has 0 heterocycles. The Bertz CT molecular complexity index is 540. The summed E-state index contributed by atoms with van der Waals surface area (Å²) in [7, 11) is 0. The van der Waals surface area contributed by atoms with Crippen LogP contribution in [0.2, 0.25) is 0 Å². The number of rotatable bonds is 4. The lowest BCUT2D eigenvalue weighted by Gasteiger charge is -2.57. The summed E-state index contributed by atoms with van der Waals surface area (Å²) < 4.78 is 5.45. The third-order valence-electron chi connectivity index (χ3n) is 6.17. The lowest BCUT2D eigenvalue weighted by atomic mass is 9.48. The number of carboxylic acid groups (broad SMARTS) is 1. The Morgan fingerprint density at radius 3 is 2.05 bits per heavy atom. The van der Waals surface area contributed by atoms with Crippen LogP contribution >= 0.6 is 0 Å². The van der Waals surface area contributed by atoms with Crippen LogP contribution in [0.15, 0.2) is 24.3 Å². The first-order chi connectivity index (χ1) is 10.5. The van der Waals surface area contributed by atoms with Crippen molar-refractivity contribution in [3.63, 3.8) is 0 Å². The summed E-state index contributed by atoms with van der Waals surface area (Å²) in [6.07, 6.45) is 7.62. The topological polar surface area (TPSA) is 46.5 Å². The quantitative estimate of drug-likeness (QED) is 0.914. The van der Waals surface area contributed by atoms with Crippen LogP contribution in [0.25, 0.3) is 0 Å². The Balaban J connectivity index is 1.55. The molecule has 1 atom stereocenters. The van der Waals surface area contributed by atoms with Crippen molar-refractivity contribution in [2.45, 2.75) is 57.0 Å². The van der Waals surface area contributed by atoms with E-state index in [9.17, 15) is 4.79 Å². The largest absolute Gasteiger partial charge is 0.479 e. The van der Waals surface area contributed by atoms with Gasteiger partial charge in [0.2, 0.25) is 0 Å². The van der Waals surface area contributed by atoms with Gasteiger partial charge in [-0.2, -0.15) is 0 Å². The van der Waals surface area contributed by atoms with Crippen LogP contribution in [0, 0.1) is 17.8 Å². The first-order valence-electron chi connectivity index (χ1n) is 8.54. The number of carboxylic acids is 1. The zero-order chi connectivity index (χ0) is 15.3. The number of carbonyl (C=O) groups is 1. The van der Waals surface area contributed by atoms with Crippen LogP contribution in [0.4, 0.5) is 0 Å². The molecule has 0 amide bonds. The molecule has 0 aromatic heterocycles. The maximum atomic E-state index is 10.9. The zero-order valence-electron chi connectivity index (χ0n) is 13.1. The minimum Gasteiger partial charge on any atom is -0.479 e.